The number of ketones is 2. The van der Waals surface area contributed by atoms with Gasteiger partial charge in [-0.25, -0.2) is 4.79 Å². The highest BCUT2D eigenvalue weighted by Gasteiger charge is 2.35. The highest BCUT2D eigenvalue weighted by Crippen LogP contribution is 2.15. The van der Waals surface area contributed by atoms with E-state index in [0.717, 1.165) is 6.08 Å². The first-order valence-electron chi connectivity index (χ1n) is 7.16. The first-order chi connectivity index (χ1) is 10.5. The Labute approximate surface area is 128 Å². The molecule has 1 aliphatic carbocycles. The molecule has 122 valence electrons. The Kier molecular flexibility index (Phi) is 8.06. The predicted molar refractivity (Wildman–Crippen MR) is 75.0 cm³/mol. The molecule has 0 unspecified atom stereocenters. The maximum absolute atomic E-state index is 11.5. The molecule has 0 aromatic heterocycles. The maximum atomic E-state index is 11.5. The fourth-order valence-electron chi connectivity index (χ4n) is 1.85. The highest BCUT2D eigenvalue weighted by atomic mass is 16.6. The Bertz CT molecular complexity index is 425. The first kappa shape index (κ1) is 18.0. The zero-order valence-electron chi connectivity index (χ0n) is 12.4. The summed E-state index contributed by atoms with van der Waals surface area (Å²) in [5, 5.41) is 0. The molecule has 1 aliphatic rings. The second kappa shape index (κ2) is 9.83. The smallest absolute Gasteiger partial charge is 0.330 e. The van der Waals surface area contributed by atoms with Crippen LogP contribution in [0.15, 0.2) is 12.7 Å². The van der Waals surface area contributed by atoms with Crippen LogP contribution in [-0.2, 0) is 33.4 Å². The zero-order valence-corrected chi connectivity index (χ0v) is 12.4. The topological polar surface area (TPSA) is 96.0 Å². The van der Waals surface area contributed by atoms with Gasteiger partial charge in [-0.1, -0.05) is 6.58 Å². The average Bonchev–Trinajstić information content (AvgIpc) is 2.81. The van der Waals surface area contributed by atoms with Crippen molar-refractivity contribution in [3.05, 3.63) is 12.7 Å². The number of carbonyl (C=O) groups is 4. The van der Waals surface area contributed by atoms with Crippen LogP contribution in [0.1, 0.15) is 32.1 Å². The number of esters is 2. The van der Waals surface area contributed by atoms with Gasteiger partial charge < -0.3 is 14.2 Å². The molecule has 0 bridgehead atoms. The molecule has 0 heterocycles. The molecule has 0 N–H and O–H groups in total. The Balaban J connectivity index is 1.99. The van der Waals surface area contributed by atoms with E-state index < -0.39 is 18.0 Å². The quantitative estimate of drug-likeness (QED) is 0.254. The first-order valence-corrected chi connectivity index (χ1v) is 7.16. The Hall–Kier alpha value is -2.02. The Morgan fingerprint density at radius 1 is 1.09 bits per heavy atom. The summed E-state index contributed by atoms with van der Waals surface area (Å²) in [5.74, 6) is -1.69. The standard InChI is InChI=1S/C15H20O7/c1-2-13(18)21-10-9-20-8-4-3-5-14(19)22-15-11(16)6-7-12(15)17/h2,15H,1,3-10H2. The molecule has 1 rings (SSSR count). The highest BCUT2D eigenvalue weighted by molar-refractivity contribution is 6.12. The van der Waals surface area contributed by atoms with Crippen molar-refractivity contribution in [1.29, 1.82) is 0 Å². The second-order valence-electron chi connectivity index (χ2n) is 4.74. The molecular formula is C15H20O7. The van der Waals surface area contributed by atoms with Crippen molar-refractivity contribution in [3.63, 3.8) is 0 Å². The molecule has 7 nitrogen and oxygen atoms in total. The minimum Gasteiger partial charge on any atom is -0.460 e. The van der Waals surface area contributed by atoms with E-state index in [9.17, 15) is 19.2 Å². The van der Waals surface area contributed by atoms with Gasteiger partial charge in [-0.05, 0) is 12.8 Å². The van der Waals surface area contributed by atoms with Crippen LogP contribution in [0.25, 0.3) is 0 Å². The van der Waals surface area contributed by atoms with E-state index >= 15 is 0 Å². The van der Waals surface area contributed by atoms with Gasteiger partial charge in [-0.15, -0.1) is 0 Å². The minimum atomic E-state index is -1.19. The van der Waals surface area contributed by atoms with Gasteiger partial charge in [0.1, 0.15) is 6.61 Å². The van der Waals surface area contributed by atoms with Crippen LogP contribution in [0.2, 0.25) is 0 Å². The molecule has 22 heavy (non-hydrogen) atoms. The molecule has 0 aliphatic heterocycles. The van der Waals surface area contributed by atoms with Crippen LogP contribution >= 0.6 is 0 Å². The normalized spacial score (nSPS) is 14.9. The molecule has 0 radical (unpaired) electrons. The van der Waals surface area contributed by atoms with Gasteiger partial charge in [0.2, 0.25) is 6.10 Å². The van der Waals surface area contributed by atoms with Gasteiger partial charge >= 0.3 is 11.9 Å². The van der Waals surface area contributed by atoms with Crippen LogP contribution in [-0.4, -0.2) is 49.4 Å². The number of carbonyl (C=O) groups excluding carboxylic acids is 4. The molecule has 1 saturated carbocycles. The molecule has 0 atom stereocenters. The fourth-order valence-corrected chi connectivity index (χ4v) is 1.85. The summed E-state index contributed by atoms with van der Waals surface area (Å²) < 4.78 is 14.8. The van der Waals surface area contributed by atoms with E-state index in [0.29, 0.717) is 19.4 Å². The number of rotatable bonds is 10. The summed E-state index contributed by atoms with van der Waals surface area (Å²) in [6.07, 6.45) is 1.47. The lowest BCUT2D eigenvalue weighted by molar-refractivity contribution is -0.157. The van der Waals surface area contributed by atoms with Gasteiger partial charge in [0.25, 0.3) is 0 Å². The van der Waals surface area contributed by atoms with E-state index in [1.807, 2.05) is 0 Å². The Morgan fingerprint density at radius 2 is 1.77 bits per heavy atom. The van der Waals surface area contributed by atoms with Crippen LogP contribution in [0.3, 0.4) is 0 Å². The van der Waals surface area contributed by atoms with Crippen LogP contribution in [0.4, 0.5) is 0 Å². The lowest BCUT2D eigenvalue weighted by Gasteiger charge is -2.09. The molecule has 7 heteroatoms. The third kappa shape index (κ3) is 6.62. The van der Waals surface area contributed by atoms with Crippen molar-refractivity contribution in [1.82, 2.24) is 0 Å². The monoisotopic (exact) mass is 312 g/mol. The number of unbranched alkanes of at least 4 members (excludes halogenated alkanes) is 1. The number of ether oxygens (including phenoxy) is 3. The SMILES string of the molecule is C=CC(=O)OCCOCCCCC(=O)OC1C(=O)CCC1=O. The lowest BCUT2D eigenvalue weighted by Crippen LogP contribution is -2.28. The van der Waals surface area contributed by atoms with Crippen molar-refractivity contribution in [3.8, 4) is 0 Å². The van der Waals surface area contributed by atoms with E-state index in [1.54, 1.807) is 0 Å². The molecule has 0 spiro atoms. The van der Waals surface area contributed by atoms with E-state index in [2.05, 4.69) is 6.58 Å². The number of hydrogen-bond acceptors (Lipinski definition) is 7. The molecule has 0 aromatic carbocycles. The summed E-state index contributed by atoms with van der Waals surface area (Å²) >= 11 is 0. The molecule has 1 fully saturated rings. The van der Waals surface area contributed by atoms with Crippen molar-refractivity contribution in [2.24, 2.45) is 0 Å². The summed E-state index contributed by atoms with van der Waals surface area (Å²) in [4.78, 5) is 44.8. The summed E-state index contributed by atoms with van der Waals surface area (Å²) in [7, 11) is 0. The number of hydrogen-bond donors (Lipinski definition) is 0. The van der Waals surface area contributed by atoms with E-state index in [-0.39, 0.29) is 44.0 Å². The summed E-state index contributed by atoms with van der Waals surface area (Å²) in [6, 6.07) is 0. The third-order valence-corrected chi connectivity index (χ3v) is 3.01. The minimum absolute atomic E-state index is 0.131. The zero-order chi connectivity index (χ0) is 16.4. The lowest BCUT2D eigenvalue weighted by atomic mass is 10.2. The van der Waals surface area contributed by atoms with Crippen molar-refractivity contribution in [2.45, 2.75) is 38.2 Å². The fraction of sp³-hybridized carbons (Fsp3) is 0.600. The average molecular weight is 312 g/mol. The van der Waals surface area contributed by atoms with Crippen LogP contribution < -0.4 is 0 Å². The van der Waals surface area contributed by atoms with Gasteiger partial charge in [0, 0.05) is 31.9 Å². The maximum Gasteiger partial charge on any atom is 0.330 e. The van der Waals surface area contributed by atoms with Gasteiger partial charge in [0.15, 0.2) is 11.6 Å². The largest absolute Gasteiger partial charge is 0.460 e. The van der Waals surface area contributed by atoms with Crippen molar-refractivity contribution < 1.29 is 33.4 Å². The summed E-state index contributed by atoms with van der Waals surface area (Å²) in [5.41, 5.74) is 0. The van der Waals surface area contributed by atoms with E-state index in [1.165, 1.54) is 0 Å². The van der Waals surface area contributed by atoms with Gasteiger partial charge in [0.05, 0.1) is 6.61 Å². The Morgan fingerprint density at radius 3 is 2.41 bits per heavy atom. The van der Waals surface area contributed by atoms with Crippen molar-refractivity contribution in [2.75, 3.05) is 19.8 Å². The van der Waals surface area contributed by atoms with Crippen LogP contribution in [0.5, 0.6) is 0 Å². The molecule has 0 aromatic rings. The van der Waals surface area contributed by atoms with Gasteiger partial charge in [-0.2, -0.15) is 0 Å². The third-order valence-electron chi connectivity index (χ3n) is 3.01. The molecular weight excluding hydrogens is 292 g/mol. The van der Waals surface area contributed by atoms with Crippen LogP contribution in [0, 0.1) is 0 Å². The predicted octanol–water partition coefficient (Wildman–Crippen LogP) is 0.746. The summed E-state index contributed by atoms with van der Waals surface area (Å²) in [6.45, 7) is 4.10. The molecule has 0 saturated heterocycles. The molecule has 0 amide bonds. The van der Waals surface area contributed by atoms with Crippen molar-refractivity contribution >= 4 is 23.5 Å². The second-order valence-corrected chi connectivity index (χ2v) is 4.74. The number of Topliss-reactive ketones (excluding diaryl/α,β-unsaturated/α-hetero) is 2. The van der Waals surface area contributed by atoms with Gasteiger partial charge in [-0.3, -0.25) is 14.4 Å². The van der Waals surface area contributed by atoms with E-state index in [4.69, 9.17) is 14.2 Å².